The number of aryl methyl sites for hydroxylation is 2. The minimum atomic E-state index is -0.0553. The SMILES string of the molecule is Cc1cccc(C)c1NC(=O)Cc1csc(-c2ccccn2)n1. The van der Waals surface area contributed by atoms with Crippen molar-refractivity contribution in [2.45, 2.75) is 20.3 Å². The van der Waals surface area contributed by atoms with Crippen molar-refractivity contribution in [2.75, 3.05) is 5.32 Å². The first kappa shape index (κ1) is 15.4. The number of pyridine rings is 1. The van der Waals surface area contributed by atoms with E-state index >= 15 is 0 Å². The van der Waals surface area contributed by atoms with Crippen molar-refractivity contribution in [1.29, 1.82) is 0 Å². The van der Waals surface area contributed by atoms with Crippen LogP contribution in [0.25, 0.3) is 10.7 Å². The van der Waals surface area contributed by atoms with Gasteiger partial charge in [0, 0.05) is 17.3 Å². The van der Waals surface area contributed by atoms with Gasteiger partial charge in [0.25, 0.3) is 0 Å². The molecule has 0 unspecified atom stereocenters. The van der Waals surface area contributed by atoms with Gasteiger partial charge < -0.3 is 5.32 Å². The summed E-state index contributed by atoms with van der Waals surface area (Å²) < 4.78 is 0. The lowest BCUT2D eigenvalue weighted by atomic mass is 10.1. The molecule has 1 aromatic carbocycles. The Labute approximate surface area is 139 Å². The Morgan fingerprint density at radius 2 is 1.91 bits per heavy atom. The number of nitrogens with one attached hydrogen (secondary N) is 1. The minimum absolute atomic E-state index is 0.0553. The van der Waals surface area contributed by atoms with Crippen molar-refractivity contribution < 1.29 is 4.79 Å². The molecule has 0 aliphatic carbocycles. The number of para-hydroxylation sites is 1. The molecule has 0 radical (unpaired) electrons. The molecule has 0 aliphatic rings. The first-order chi connectivity index (χ1) is 11.1. The Kier molecular flexibility index (Phi) is 4.48. The molecule has 116 valence electrons. The molecule has 0 saturated carbocycles. The summed E-state index contributed by atoms with van der Waals surface area (Å²) in [6, 6.07) is 11.7. The van der Waals surface area contributed by atoms with Crippen molar-refractivity contribution in [3.8, 4) is 10.7 Å². The lowest BCUT2D eigenvalue weighted by Gasteiger charge is -2.10. The van der Waals surface area contributed by atoms with Crippen LogP contribution in [0.3, 0.4) is 0 Å². The zero-order valence-electron chi connectivity index (χ0n) is 13.0. The molecule has 3 aromatic rings. The predicted octanol–water partition coefficient (Wildman–Crippen LogP) is 4.00. The fourth-order valence-electron chi connectivity index (χ4n) is 2.35. The van der Waals surface area contributed by atoms with E-state index in [9.17, 15) is 4.79 Å². The van der Waals surface area contributed by atoms with Gasteiger partial charge in [-0.05, 0) is 37.1 Å². The highest BCUT2D eigenvalue weighted by atomic mass is 32.1. The van der Waals surface area contributed by atoms with E-state index in [1.165, 1.54) is 11.3 Å². The Morgan fingerprint density at radius 3 is 2.61 bits per heavy atom. The highest BCUT2D eigenvalue weighted by Crippen LogP contribution is 2.23. The van der Waals surface area contributed by atoms with Crippen molar-refractivity contribution >= 4 is 22.9 Å². The molecular formula is C18H17N3OS. The van der Waals surface area contributed by atoms with Crippen molar-refractivity contribution in [1.82, 2.24) is 9.97 Å². The minimum Gasteiger partial charge on any atom is -0.325 e. The predicted molar refractivity (Wildman–Crippen MR) is 93.6 cm³/mol. The number of carbonyl (C=O) groups is 1. The van der Waals surface area contributed by atoms with E-state index in [1.54, 1.807) is 6.20 Å². The van der Waals surface area contributed by atoms with Crippen LogP contribution in [0.1, 0.15) is 16.8 Å². The van der Waals surface area contributed by atoms with Crippen LogP contribution in [0.4, 0.5) is 5.69 Å². The maximum atomic E-state index is 12.3. The van der Waals surface area contributed by atoms with E-state index in [0.29, 0.717) is 0 Å². The van der Waals surface area contributed by atoms with Gasteiger partial charge in [0.1, 0.15) is 5.01 Å². The molecule has 5 heteroatoms. The Morgan fingerprint density at radius 1 is 1.13 bits per heavy atom. The average Bonchev–Trinajstić information content (AvgIpc) is 3.00. The van der Waals surface area contributed by atoms with Gasteiger partial charge in [0.2, 0.25) is 5.91 Å². The van der Waals surface area contributed by atoms with Crippen LogP contribution < -0.4 is 5.32 Å². The summed E-state index contributed by atoms with van der Waals surface area (Å²) in [4.78, 5) is 21.1. The van der Waals surface area contributed by atoms with Gasteiger partial charge in [-0.1, -0.05) is 24.3 Å². The number of benzene rings is 1. The number of carbonyl (C=O) groups excluding carboxylic acids is 1. The Bertz CT molecular complexity index is 807. The fourth-order valence-corrected chi connectivity index (χ4v) is 3.15. The summed E-state index contributed by atoms with van der Waals surface area (Å²) in [6.45, 7) is 3.98. The average molecular weight is 323 g/mol. The highest BCUT2D eigenvalue weighted by Gasteiger charge is 2.11. The molecule has 0 bridgehead atoms. The third-order valence-corrected chi connectivity index (χ3v) is 4.44. The second-order valence-electron chi connectivity index (χ2n) is 5.35. The number of nitrogens with zero attached hydrogens (tertiary/aromatic N) is 2. The standard InChI is InChI=1S/C18H17N3OS/c1-12-6-5-7-13(2)17(12)21-16(22)10-14-11-23-18(20-14)15-8-3-4-9-19-15/h3-9,11H,10H2,1-2H3,(H,21,22). The van der Waals surface area contributed by atoms with Crippen molar-refractivity contribution in [2.24, 2.45) is 0 Å². The summed E-state index contributed by atoms with van der Waals surface area (Å²) in [5.74, 6) is -0.0553. The lowest BCUT2D eigenvalue weighted by Crippen LogP contribution is -2.16. The Balaban J connectivity index is 1.70. The van der Waals surface area contributed by atoms with Crippen LogP contribution in [0.5, 0.6) is 0 Å². The highest BCUT2D eigenvalue weighted by molar-refractivity contribution is 7.13. The van der Waals surface area contributed by atoms with Crippen LogP contribution in [0.15, 0.2) is 48.0 Å². The molecular weight excluding hydrogens is 306 g/mol. The summed E-state index contributed by atoms with van der Waals surface area (Å²) in [5.41, 5.74) is 4.60. The van der Waals surface area contributed by atoms with Gasteiger partial charge in [0.15, 0.2) is 0 Å². The molecule has 4 nitrogen and oxygen atoms in total. The van der Waals surface area contributed by atoms with Crippen molar-refractivity contribution in [3.63, 3.8) is 0 Å². The van der Waals surface area contributed by atoms with E-state index in [2.05, 4.69) is 15.3 Å². The van der Waals surface area contributed by atoms with E-state index in [-0.39, 0.29) is 12.3 Å². The lowest BCUT2D eigenvalue weighted by molar-refractivity contribution is -0.115. The van der Waals surface area contributed by atoms with Gasteiger partial charge in [0.05, 0.1) is 17.8 Å². The summed E-state index contributed by atoms with van der Waals surface area (Å²) in [6.07, 6.45) is 2.00. The van der Waals surface area contributed by atoms with E-state index in [4.69, 9.17) is 0 Å². The molecule has 3 rings (SSSR count). The zero-order chi connectivity index (χ0) is 16.2. The fraction of sp³-hybridized carbons (Fsp3) is 0.167. The summed E-state index contributed by atoms with van der Waals surface area (Å²) in [5, 5.41) is 5.73. The number of rotatable bonds is 4. The molecule has 0 saturated heterocycles. The zero-order valence-corrected chi connectivity index (χ0v) is 13.9. The first-order valence-corrected chi connectivity index (χ1v) is 8.23. The third kappa shape index (κ3) is 3.63. The molecule has 1 amide bonds. The maximum Gasteiger partial charge on any atom is 0.230 e. The van der Waals surface area contributed by atoms with Crippen molar-refractivity contribution in [3.05, 3.63) is 64.8 Å². The molecule has 2 heterocycles. The molecule has 23 heavy (non-hydrogen) atoms. The molecule has 2 aromatic heterocycles. The van der Waals surface area contributed by atoms with Crippen LogP contribution in [0, 0.1) is 13.8 Å². The quantitative estimate of drug-likeness (QED) is 0.789. The number of thiazole rings is 1. The van der Waals surface area contributed by atoms with Crippen LogP contribution >= 0.6 is 11.3 Å². The topological polar surface area (TPSA) is 54.9 Å². The summed E-state index contributed by atoms with van der Waals surface area (Å²) in [7, 11) is 0. The number of anilines is 1. The second-order valence-corrected chi connectivity index (χ2v) is 6.21. The monoisotopic (exact) mass is 323 g/mol. The van der Waals surface area contributed by atoms with Gasteiger partial charge in [-0.25, -0.2) is 4.98 Å². The van der Waals surface area contributed by atoms with Crippen LogP contribution in [0.2, 0.25) is 0 Å². The first-order valence-electron chi connectivity index (χ1n) is 7.35. The molecule has 0 fully saturated rings. The van der Waals surface area contributed by atoms with Gasteiger partial charge in [-0.2, -0.15) is 0 Å². The second kappa shape index (κ2) is 6.71. The molecule has 0 atom stereocenters. The van der Waals surface area contributed by atoms with Gasteiger partial charge in [-0.3, -0.25) is 9.78 Å². The Hall–Kier alpha value is -2.53. The maximum absolute atomic E-state index is 12.3. The van der Waals surface area contributed by atoms with Crippen LogP contribution in [-0.4, -0.2) is 15.9 Å². The normalized spacial score (nSPS) is 10.5. The van der Waals surface area contributed by atoms with E-state index < -0.39 is 0 Å². The third-order valence-electron chi connectivity index (χ3n) is 3.52. The number of aromatic nitrogens is 2. The van der Waals surface area contributed by atoms with Crippen LogP contribution in [-0.2, 0) is 11.2 Å². The number of hydrogen-bond acceptors (Lipinski definition) is 4. The summed E-state index contributed by atoms with van der Waals surface area (Å²) >= 11 is 1.50. The number of hydrogen-bond donors (Lipinski definition) is 1. The molecule has 0 aliphatic heterocycles. The number of amides is 1. The largest absolute Gasteiger partial charge is 0.325 e. The van der Waals surface area contributed by atoms with Gasteiger partial charge in [-0.15, -0.1) is 11.3 Å². The smallest absolute Gasteiger partial charge is 0.230 e. The molecule has 0 spiro atoms. The van der Waals surface area contributed by atoms with E-state index in [0.717, 1.165) is 33.2 Å². The molecule has 1 N–H and O–H groups in total. The van der Waals surface area contributed by atoms with Gasteiger partial charge >= 0.3 is 0 Å². The van der Waals surface area contributed by atoms with E-state index in [1.807, 2.05) is 55.6 Å².